The molecule has 2 atom stereocenters. The molecule has 0 bridgehead atoms. The number of imidazole rings is 1. The topological polar surface area (TPSA) is 76.5 Å². The van der Waals surface area contributed by atoms with Gasteiger partial charge in [-0.05, 0) is 29.8 Å². The minimum absolute atomic E-state index is 0.0423. The number of rotatable bonds is 6. The normalized spacial score (nSPS) is 17.1. The van der Waals surface area contributed by atoms with E-state index in [1.807, 2.05) is 72.4 Å². The van der Waals surface area contributed by atoms with Crippen LogP contribution in [0.5, 0.6) is 5.75 Å². The lowest BCUT2D eigenvalue weighted by Gasteiger charge is -2.22. The third-order valence-corrected chi connectivity index (χ3v) is 5.42. The number of hydrogen-bond acceptors (Lipinski definition) is 4. The molecule has 3 aromatic rings. The second-order valence-corrected chi connectivity index (χ2v) is 7.35. The van der Waals surface area contributed by atoms with Crippen LogP contribution in [0.1, 0.15) is 23.9 Å². The first-order valence-electron chi connectivity index (χ1n) is 9.84. The van der Waals surface area contributed by atoms with Gasteiger partial charge in [0.25, 0.3) is 0 Å². The Morgan fingerprint density at radius 3 is 2.53 bits per heavy atom. The van der Waals surface area contributed by atoms with Gasteiger partial charge < -0.3 is 19.5 Å². The zero-order chi connectivity index (χ0) is 21.1. The molecular weight excluding hydrogens is 380 g/mol. The van der Waals surface area contributed by atoms with Gasteiger partial charge in [-0.25, -0.2) is 4.98 Å². The van der Waals surface area contributed by atoms with Gasteiger partial charge in [0.15, 0.2) is 0 Å². The van der Waals surface area contributed by atoms with Crippen LogP contribution in [0, 0.1) is 5.92 Å². The van der Waals surface area contributed by atoms with E-state index in [1.165, 1.54) is 0 Å². The van der Waals surface area contributed by atoms with Crippen molar-refractivity contribution in [3.05, 3.63) is 78.4 Å². The highest BCUT2D eigenvalue weighted by Gasteiger charge is 2.36. The zero-order valence-corrected chi connectivity index (χ0v) is 17.0. The summed E-state index contributed by atoms with van der Waals surface area (Å²) < 4.78 is 7.12. The summed E-state index contributed by atoms with van der Waals surface area (Å²) in [6.45, 7) is 0.366. The maximum absolute atomic E-state index is 13.1. The molecular formula is C23H24N4O3. The van der Waals surface area contributed by atoms with E-state index in [2.05, 4.69) is 10.3 Å². The number of benzene rings is 2. The van der Waals surface area contributed by atoms with Gasteiger partial charge in [-0.2, -0.15) is 0 Å². The molecule has 154 valence electrons. The molecule has 1 N–H and O–H groups in total. The highest BCUT2D eigenvalue weighted by Crippen LogP contribution is 2.27. The Morgan fingerprint density at radius 2 is 1.90 bits per heavy atom. The van der Waals surface area contributed by atoms with E-state index in [0.29, 0.717) is 6.54 Å². The molecule has 1 saturated heterocycles. The van der Waals surface area contributed by atoms with Crippen LogP contribution >= 0.6 is 0 Å². The number of aromatic nitrogens is 2. The molecule has 0 saturated carbocycles. The van der Waals surface area contributed by atoms with Crippen LogP contribution in [0.3, 0.4) is 0 Å². The number of carbonyl (C=O) groups excluding carboxylic acids is 2. The fraction of sp³-hybridized carbons (Fsp3) is 0.261. The summed E-state index contributed by atoms with van der Waals surface area (Å²) in [4.78, 5) is 31.7. The van der Waals surface area contributed by atoms with Crippen LogP contribution in [0.4, 0.5) is 5.69 Å². The Hall–Kier alpha value is -3.61. The van der Waals surface area contributed by atoms with Gasteiger partial charge in [-0.1, -0.05) is 30.3 Å². The van der Waals surface area contributed by atoms with Gasteiger partial charge in [-0.3, -0.25) is 9.59 Å². The third kappa shape index (κ3) is 3.91. The average molecular weight is 404 g/mol. The first-order chi connectivity index (χ1) is 14.6. The van der Waals surface area contributed by atoms with Crippen molar-refractivity contribution in [3.63, 3.8) is 0 Å². The van der Waals surface area contributed by atoms with E-state index in [1.54, 1.807) is 18.2 Å². The van der Waals surface area contributed by atoms with E-state index < -0.39 is 12.0 Å². The van der Waals surface area contributed by atoms with Crippen LogP contribution in [0.15, 0.2) is 67.0 Å². The van der Waals surface area contributed by atoms with Gasteiger partial charge in [-0.15, -0.1) is 0 Å². The molecule has 2 heterocycles. The molecule has 1 aliphatic heterocycles. The van der Waals surface area contributed by atoms with E-state index in [-0.39, 0.29) is 18.2 Å². The summed E-state index contributed by atoms with van der Waals surface area (Å²) in [5, 5.41) is 3.11. The zero-order valence-electron chi connectivity index (χ0n) is 17.0. The Balaban J connectivity index is 1.55. The van der Waals surface area contributed by atoms with Gasteiger partial charge in [0.1, 0.15) is 17.6 Å². The predicted molar refractivity (Wildman–Crippen MR) is 113 cm³/mol. The number of methoxy groups -OCH3 is 1. The lowest BCUT2D eigenvalue weighted by atomic mass is 10.0. The standard InChI is InChI=1S/C23H24N4O3/c1-26-13-12-24-22(26)21(16-8-10-19(30-2)11-9-16)25-23(29)17-14-20(28)27(15-17)18-6-4-3-5-7-18/h3-13,17,21H,14-15H2,1-2H3,(H,25,29). The fourth-order valence-electron chi connectivity index (χ4n) is 3.75. The quantitative estimate of drug-likeness (QED) is 0.685. The number of hydrogen-bond donors (Lipinski definition) is 1. The van der Waals surface area contributed by atoms with Crippen LogP contribution in [0.2, 0.25) is 0 Å². The molecule has 1 aliphatic rings. The Kier molecular flexibility index (Phi) is 5.52. The maximum Gasteiger partial charge on any atom is 0.227 e. The third-order valence-electron chi connectivity index (χ3n) is 5.42. The first-order valence-corrected chi connectivity index (χ1v) is 9.84. The SMILES string of the molecule is COc1ccc(C(NC(=O)C2CC(=O)N(c3ccccc3)C2)c2nccn2C)cc1. The van der Waals surface area contributed by atoms with Crippen molar-refractivity contribution in [2.24, 2.45) is 13.0 Å². The highest BCUT2D eigenvalue weighted by atomic mass is 16.5. The molecule has 0 aliphatic carbocycles. The molecule has 1 fully saturated rings. The summed E-state index contributed by atoms with van der Waals surface area (Å²) in [5.41, 5.74) is 1.70. The number of para-hydroxylation sites is 1. The van der Waals surface area contributed by atoms with Gasteiger partial charge >= 0.3 is 0 Å². The summed E-state index contributed by atoms with van der Waals surface area (Å²) in [6.07, 6.45) is 3.74. The van der Waals surface area contributed by atoms with Crippen molar-refractivity contribution in [2.45, 2.75) is 12.5 Å². The van der Waals surface area contributed by atoms with Crippen molar-refractivity contribution < 1.29 is 14.3 Å². The monoisotopic (exact) mass is 404 g/mol. The molecule has 30 heavy (non-hydrogen) atoms. The number of nitrogens with one attached hydrogen (secondary N) is 1. The minimum Gasteiger partial charge on any atom is -0.497 e. The van der Waals surface area contributed by atoms with Crippen molar-refractivity contribution in [1.29, 1.82) is 0 Å². The summed E-state index contributed by atoms with van der Waals surface area (Å²) in [6, 6.07) is 16.5. The molecule has 2 aromatic carbocycles. The van der Waals surface area contributed by atoms with Gasteiger partial charge in [0.2, 0.25) is 11.8 Å². The van der Waals surface area contributed by atoms with Crippen molar-refractivity contribution in [2.75, 3.05) is 18.6 Å². The summed E-state index contributed by atoms with van der Waals surface area (Å²) in [7, 11) is 3.50. The van der Waals surface area contributed by atoms with E-state index >= 15 is 0 Å². The van der Waals surface area contributed by atoms with Crippen molar-refractivity contribution in [1.82, 2.24) is 14.9 Å². The summed E-state index contributed by atoms with van der Waals surface area (Å²) >= 11 is 0. The predicted octanol–water partition coefficient (Wildman–Crippen LogP) is 2.69. The second kappa shape index (κ2) is 8.41. The fourth-order valence-corrected chi connectivity index (χ4v) is 3.75. The van der Waals surface area contributed by atoms with E-state index in [4.69, 9.17) is 4.74 Å². The smallest absolute Gasteiger partial charge is 0.227 e. The molecule has 7 heteroatoms. The van der Waals surface area contributed by atoms with Gasteiger partial charge in [0.05, 0.1) is 13.0 Å². The summed E-state index contributed by atoms with van der Waals surface area (Å²) in [5.74, 6) is 0.838. The molecule has 0 spiro atoms. The molecule has 4 rings (SSSR count). The van der Waals surface area contributed by atoms with E-state index in [0.717, 1.165) is 22.8 Å². The van der Waals surface area contributed by atoms with Crippen LogP contribution < -0.4 is 15.0 Å². The minimum atomic E-state index is -0.427. The number of anilines is 1. The van der Waals surface area contributed by atoms with E-state index in [9.17, 15) is 9.59 Å². The molecule has 1 aromatic heterocycles. The molecule has 7 nitrogen and oxygen atoms in total. The molecule has 2 amide bonds. The average Bonchev–Trinajstić information content (AvgIpc) is 3.38. The Bertz CT molecular complexity index is 1030. The first kappa shape index (κ1) is 19.7. The number of nitrogens with zero attached hydrogens (tertiary/aromatic N) is 3. The van der Waals surface area contributed by atoms with Crippen LogP contribution in [-0.4, -0.2) is 35.0 Å². The molecule has 2 unspecified atom stereocenters. The largest absolute Gasteiger partial charge is 0.497 e. The number of ether oxygens (including phenoxy) is 1. The lowest BCUT2D eigenvalue weighted by molar-refractivity contribution is -0.126. The van der Waals surface area contributed by atoms with Crippen molar-refractivity contribution in [3.8, 4) is 5.75 Å². The van der Waals surface area contributed by atoms with Crippen LogP contribution in [-0.2, 0) is 16.6 Å². The number of aryl methyl sites for hydroxylation is 1. The molecule has 0 radical (unpaired) electrons. The lowest BCUT2D eigenvalue weighted by Crippen LogP contribution is -2.37. The maximum atomic E-state index is 13.1. The number of carbonyl (C=O) groups is 2. The highest BCUT2D eigenvalue weighted by molar-refractivity contribution is 6.00. The Labute approximate surface area is 175 Å². The van der Waals surface area contributed by atoms with Gasteiger partial charge in [0, 0.05) is 38.1 Å². The number of amides is 2. The second-order valence-electron chi connectivity index (χ2n) is 7.35. The Morgan fingerprint density at radius 1 is 1.17 bits per heavy atom. The van der Waals surface area contributed by atoms with Crippen LogP contribution in [0.25, 0.3) is 0 Å². The van der Waals surface area contributed by atoms with Crippen molar-refractivity contribution >= 4 is 17.5 Å².